The average Bonchev–Trinajstić information content (AvgIpc) is 2.98. The number of hydrogen-bond donors (Lipinski definition) is 2. The highest BCUT2D eigenvalue weighted by atomic mass is 35.5. The average molecular weight is 397 g/mol. The number of fused-ring (bicyclic) bond motifs is 1. The van der Waals surface area contributed by atoms with Crippen LogP contribution in [0, 0.1) is 5.82 Å². The summed E-state index contributed by atoms with van der Waals surface area (Å²) in [7, 11) is 1.74. The highest BCUT2D eigenvalue weighted by Gasteiger charge is 2.18. The molecule has 4 aromatic rings. The van der Waals surface area contributed by atoms with Gasteiger partial charge in [0.1, 0.15) is 11.6 Å². The Morgan fingerprint density at radius 3 is 2.68 bits per heavy atom. The van der Waals surface area contributed by atoms with Gasteiger partial charge in [0.2, 0.25) is 5.95 Å². The van der Waals surface area contributed by atoms with Crippen molar-refractivity contribution in [1.82, 2.24) is 19.7 Å². The molecule has 0 saturated carbocycles. The van der Waals surface area contributed by atoms with Crippen LogP contribution in [0.1, 0.15) is 5.56 Å². The molecular formula is C20H18ClFN6. The summed E-state index contributed by atoms with van der Waals surface area (Å²) in [6, 6.07) is 14.6. The Labute approximate surface area is 166 Å². The predicted molar refractivity (Wildman–Crippen MR) is 110 cm³/mol. The molecule has 0 amide bonds. The molecule has 3 N–H and O–H groups in total. The van der Waals surface area contributed by atoms with E-state index in [1.165, 1.54) is 17.7 Å². The molecule has 0 aliphatic heterocycles. The van der Waals surface area contributed by atoms with E-state index in [0.717, 1.165) is 6.42 Å². The monoisotopic (exact) mass is 396 g/mol. The lowest BCUT2D eigenvalue weighted by atomic mass is 10.1. The number of nitrogens with zero attached hydrogens (tertiary/aromatic N) is 4. The van der Waals surface area contributed by atoms with Crippen molar-refractivity contribution in [2.75, 3.05) is 17.6 Å². The minimum Gasteiger partial charge on any atom is -0.383 e. The molecule has 0 aliphatic rings. The van der Waals surface area contributed by atoms with E-state index >= 15 is 0 Å². The highest BCUT2D eigenvalue weighted by Crippen LogP contribution is 2.32. The number of nitrogens with one attached hydrogen (secondary N) is 1. The number of halogens is 2. The molecule has 28 heavy (non-hydrogen) atoms. The summed E-state index contributed by atoms with van der Waals surface area (Å²) in [5.41, 5.74) is 9.04. The summed E-state index contributed by atoms with van der Waals surface area (Å²) < 4.78 is 15.1. The van der Waals surface area contributed by atoms with Crippen LogP contribution in [0.2, 0.25) is 5.02 Å². The maximum absolute atomic E-state index is 13.6. The van der Waals surface area contributed by atoms with Crippen LogP contribution in [0.5, 0.6) is 0 Å². The van der Waals surface area contributed by atoms with Crippen LogP contribution in [0.4, 0.5) is 16.2 Å². The van der Waals surface area contributed by atoms with Gasteiger partial charge in [-0.1, -0.05) is 41.9 Å². The summed E-state index contributed by atoms with van der Waals surface area (Å²) in [4.78, 5) is 9.08. The van der Waals surface area contributed by atoms with Gasteiger partial charge in [0, 0.05) is 19.2 Å². The normalized spacial score (nSPS) is 11.1. The first kappa shape index (κ1) is 18.2. The Balaban J connectivity index is 1.71. The molecule has 0 spiro atoms. The highest BCUT2D eigenvalue weighted by molar-refractivity contribution is 6.31. The molecule has 8 heteroatoms. The lowest BCUT2D eigenvalue weighted by molar-refractivity contribution is 0.628. The van der Waals surface area contributed by atoms with Crippen molar-refractivity contribution < 1.29 is 4.39 Å². The zero-order valence-corrected chi connectivity index (χ0v) is 15.9. The minimum absolute atomic E-state index is 0.0188. The fourth-order valence-electron chi connectivity index (χ4n) is 3.01. The second-order valence-corrected chi connectivity index (χ2v) is 6.80. The van der Waals surface area contributed by atoms with E-state index in [1.54, 1.807) is 17.8 Å². The van der Waals surface area contributed by atoms with Gasteiger partial charge in [-0.15, -0.1) is 0 Å². The number of nitrogen functional groups attached to an aromatic ring is 1. The van der Waals surface area contributed by atoms with Gasteiger partial charge >= 0.3 is 0 Å². The summed E-state index contributed by atoms with van der Waals surface area (Å²) in [6.07, 6.45) is 0.824. The summed E-state index contributed by atoms with van der Waals surface area (Å²) in [6.45, 7) is 0.654. The van der Waals surface area contributed by atoms with E-state index in [-0.39, 0.29) is 5.02 Å². The Hall–Kier alpha value is -3.19. The van der Waals surface area contributed by atoms with E-state index in [4.69, 9.17) is 17.3 Å². The standard InChI is InChI=1S/C20H18ClFN6/c1-28-18(23)16-17(13-7-8-15(22)14(21)11-13)25-20(26-19(16)27-28)24-10-9-12-5-3-2-4-6-12/h2-8,11H,9-10,23H2,1H3,(H,24,26,27). The van der Waals surface area contributed by atoms with E-state index in [0.29, 0.717) is 40.6 Å². The molecule has 0 saturated heterocycles. The number of aromatic nitrogens is 4. The van der Waals surface area contributed by atoms with Gasteiger partial charge in [-0.05, 0) is 30.2 Å². The largest absolute Gasteiger partial charge is 0.383 e. The van der Waals surface area contributed by atoms with Gasteiger partial charge < -0.3 is 11.1 Å². The molecule has 0 bridgehead atoms. The van der Waals surface area contributed by atoms with Gasteiger partial charge in [0.15, 0.2) is 5.65 Å². The first-order valence-electron chi connectivity index (χ1n) is 8.76. The minimum atomic E-state index is -0.490. The Morgan fingerprint density at radius 2 is 1.93 bits per heavy atom. The third kappa shape index (κ3) is 3.48. The quantitative estimate of drug-likeness (QED) is 0.531. The van der Waals surface area contributed by atoms with Crippen molar-refractivity contribution in [1.29, 1.82) is 0 Å². The summed E-state index contributed by atoms with van der Waals surface area (Å²) in [5, 5.41) is 8.22. The second kappa shape index (κ2) is 7.44. The molecule has 2 heterocycles. The first-order valence-corrected chi connectivity index (χ1v) is 9.14. The first-order chi connectivity index (χ1) is 13.5. The number of benzene rings is 2. The van der Waals surface area contributed by atoms with E-state index in [9.17, 15) is 4.39 Å². The van der Waals surface area contributed by atoms with Crippen LogP contribution in [0.15, 0.2) is 48.5 Å². The van der Waals surface area contributed by atoms with Crippen LogP contribution >= 0.6 is 11.6 Å². The van der Waals surface area contributed by atoms with Gasteiger partial charge in [0.05, 0.1) is 16.1 Å². The van der Waals surface area contributed by atoms with Gasteiger partial charge in [0.25, 0.3) is 0 Å². The molecule has 0 aliphatic carbocycles. The van der Waals surface area contributed by atoms with Crippen molar-refractivity contribution in [2.24, 2.45) is 7.05 Å². The molecule has 2 aromatic carbocycles. The van der Waals surface area contributed by atoms with Gasteiger partial charge in [-0.2, -0.15) is 10.1 Å². The van der Waals surface area contributed by atoms with Crippen LogP contribution in [0.25, 0.3) is 22.3 Å². The third-order valence-electron chi connectivity index (χ3n) is 4.47. The number of nitrogens with two attached hydrogens (primary N) is 1. The smallest absolute Gasteiger partial charge is 0.225 e. The molecule has 142 valence electrons. The zero-order chi connectivity index (χ0) is 19.7. The maximum atomic E-state index is 13.6. The summed E-state index contributed by atoms with van der Waals surface area (Å²) >= 11 is 5.97. The lowest BCUT2D eigenvalue weighted by Crippen LogP contribution is -2.08. The van der Waals surface area contributed by atoms with E-state index in [1.807, 2.05) is 18.2 Å². The van der Waals surface area contributed by atoms with Crippen molar-refractivity contribution >= 4 is 34.4 Å². The predicted octanol–water partition coefficient (Wildman–Crippen LogP) is 4.06. The van der Waals surface area contributed by atoms with Crippen molar-refractivity contribution in [2.45, 2.75) is 6.42 Å². The van der Waals surface area contributed by atoms with E-state index in [2.05, 4.69) is 32.5 Å². The molecule has 2 aromatic heterocycles. The molecule has 0 atom stereocenters. The number of rotatable bonds is 5. The Morgan fingerprint density at radius 1 is 1.14 bits per heavy atom. The topological polar surface area (TPSA) is 81.7 Å². The lowest BCUT2D eigenvalue weighted by Gasteiger charge is -2.09. The third-order valence-corrected chi connectivity index (χ3v) is 4.76. The van der Waals surface area contributed by atoms with Crippen LogP contribution in [-0.2, 0) is 13.5 Å². The van der Waals surface area contributed by atoms with E-state index < -0.39 is 5.82 Å². The van der Waals surface area contributed by atoms with Crippen LogP contribution < -0.4 is 11.1 Å². The van der Waals surface area contributed by atoms with Crippen LogP contribution in [-0.4, -0.2) is 26.3 Å². The zero-order valence-electron chi connectivity index (χ0n) is 15.2. The molecule has 0 fully saturated rings. The van der Waals surface area contributed by atoms with Gasteiger partial charge in [-0.25, -0.2) is 9.37 Å². The molecular weight excluding hydrogens is 379 g/mol. The van der Waals surface area contributed by atoms with Crippen molar-refractivity contribution in [3.05, 3.63) is 64.9 Å². The fraction of sp³-hybridized carbons (Fsp3) is 0.150. The molecule has 0 unspecified atom stereocenters. The fourth-order valence-corrected chi connectivity index (χ4v) is 3.19. The number of aryl methyl sites for hydroxylation is 1. The van der Waals surface area contributed by atoms with Crippen molar-refractivity contribution in [3.8, 4) is 11.3 Å². The SMILES string of the molecule is Cn1nc2nc(NCCc3ccccc3)nc(-c3ccc(F)c(Cl)c3)c2c1N. The van der Waals surface area contributed by atoms with Crippen molar-refractivity contribution in [3.63, 3.8) is 0 Å². The number of anilines is 2. The molecule has 4 rings (SSSR count). The number of hydrogen-bond acceptors (Lipinski definition) is 5. The van der Waals surface area contributed by atoms with Gasteiger partial charge in [-0.3, -0.25) is 4.68 Å². The maximum Gasteiger partial charge on any atom is 0.225 e. The Kier molecular flexibility index (Phi) is 4.83. The Bertz CT molecular complexity index is 1140. The molecule has 6 nitrogen and oxygen atoms in total. The van der Waals surface area contributed by atoms with Crippen LogP contribution in [0.3, 0.4) is 0 Å². The molecule has 0 radical (unpaired) electrons. The summed E-state index contributed by atoms with van der Waals surface area (Å²) in [5.74, 6) is 0.370. The second-order valence-electron chi connectivity index (χ2n) is 6.39.